The summed E-state index contributed by atoms with van der Waals surface area (Å²) in [6.07, 6.45) is 0. The first kappa shape index (κ1) is 22.0. The highest BCUT2D eigenvalue weighted by atomic mass is 16.3. The Morgan fingerprint density at radius 3 is 2.13 bits per heavy atom. The number of fused-ring (bicyclic) bond motifs is 1. The first-order valence-corrected chi connectivity index (χ1v) is 10.5. The van der Waals surface area contributed by atoms with Crippen LogP contribution >= 0.6 is 0 Å². The average molecular weight is 408 g/mol. The molecule has 0 radical (unpaired) electrons. The molecule has 0 spiro atoms. The number of nitrogens with zero attached hydrogens (tertiary/aromatic N) is 2. The highest BCUT2D eigenvalue weighted by molar-refractivity contribution is 6.05. The van der Waals surface area contributed by atoms with Crippen LogP contribution in [0.5, 0.6) is 5.75 Å². The number of rotatable bonds is 3. The number of aryl methyl sites for hydroxylation is 1. The van der Waals surface area contributed by atoms with Gasteiger partial charge in [-0.25, -0.2) is 4.98 Å². The smallest absolute Gasteiger partial charge is 0.182 e. The fraction of sp³-hybridized carbons (Fsp3) is 0.480. The van der Waals surface area contributed by atoms with Gasteiger partial charge < -0.3 is 10.0 Å². The van der Waals surface area contributed by atoms with Gasteiger partial charge in [0.1, 0.15) is 17.3 Å². The highest BCUT2D eigenvalue weighted by Gasteiger charge is 2.34. The fourth-order valence-corrected chi connectivity index (χ4v) is 3.99. The molecule has 1 unspecified atom stereocenters. The van der Waals surface area contributed by atoms with Gasteiger partial charge in [0.25, 0.3) is 0 Å². The van der Waals surface area contributed by atoms with Crippen LogP contribution in [0.25, 0.3) is 0 Å². The molecule has 0 amide bonds. The van der Waals surface area contributed by atoms with Gasteiger partial charge in [-0.2, -0.15) is 0 Å². The summed E-state index contributed by atoms with van der Waals surface area (Å²) in [7, 11) is 0. The van der Waals surface area contributed by atoms with Gasteiger partial charge in [-0.15, -0.1) is 0 Å². The van der Waals surface area contributed by atoms with E-state index in [9.17, 15) is 9.90 Å². The van der Waals surface area contributed by atoms with Crippen LogP contribution < -0.4 is 0 Å². The van der Waals surface area contributed by atoms with E-state index in [-0.39, 0.29) is 34.9 Å². The lowest BCUT2D eigenvalue weighted by atomic mass is 9.78. The van der Waals surface area contributed by atoms with Crippen molar-refractivity contribution in [3.8, 4) is 5.75 Å². The molecular formula is C25H33N3O2. The fourth-order valence-electron chi connectivity index (χ4n) is 3.99. The predicted octanol–water partition coefficient (Wildman–Crippen LogP) is 5.28. The first-order chi connectivity index (χ1) is 13.7. The van der Waals surface area contributed by atoms with Gasteiger partial charge in [-0.1, -0.05) is 47.6 Å². The molecule has 0 saturated carbocycles. The number of hydrogen-bond donors (Lipinski definition) is 2. The molecule has 1 aliphatic rings. The van der Waals surface area contributed by atoms with Crippen LogP contribution in [0.1, 0.15) is 92.9 Å². The molecule has 2 heterocycles. The minimum absolute atomic E-state index is 0.0628. The molecule has 1 aromatic heterocycles. The maximum absolute atomic E-state index is 13.3. The molecule has 1 aromatic carbocycles. The van der Waals surface area contributed by atoms with E-state index in [1.54, 1.807) is 4.90 Å². The molecule has 1 aliphatic heterocycles. The number of phenols is 1. The van der Waals surface area contributed by atoms with Crippen molar-refractivity contribution in [3.05, 3.63) is 57.9 Å². The number of aromatic nitrogens is 1. The summed E-state index contributed by atoms with van der Waals surface area (Å²) in [5, 5.41) is 19.5. The Balaban J connectivity index is 1.99. The zero-order valence-corrected chi connectivity index (χ0v) is 19.3. The monoisotopic (exact) mass is 407 g/mol. The van der Waals surface area contributed by atoms with E-state index < -0.39 is 0 Å². The average Bonchev–Trinajstić information content (AvgIpc) is 2.84. The Kier molecular flexibility index (Phi) is 5.30. The number of ketones is 1. The summed E-state index contributed by atoms with van der Waals surface area (Å²) in [6, 6.07) is 7.49. The van der Waals surface area contributed by atoms with Gasteiger partial charge in [-0.05, 0) is 42.9 Å². The lowest BCUT2D eigenvalue weighted by molar-refractivity contribution is 0.0952. The SMILES string of the molecule is Cc1ccc2c(n1)C(=N)N(CC(=O)c1cc(C(C)(C)C)c(O)c(C(C)(C)C)c1)C2C. The summed E-state index contributed by atoms with van der Waals surface area (Å²) in [4.78, 5) is 19.7. The molecule has 3 rings (SSSR count). The van der Waals surface area contributed by atoms with Crippen LogP contribution in [0.4, 0.5) is 0 Å². The van der Waals surface area contributed by atoms with Crippen molar-refractivity contribution in [1.82, 2.24) is 9.88 Å². The Labute approximate surface area is 179 Å². The Morgan fingerprint density at radius 2 is 1.63 bits per heavy atom. The Bertz CT molecular complexity index is 991. The van der Waals surface area contributed by atoms with Gasteiger partial charge in [0.2, 0.25) is 0 Å². The van der Waals surface area contributed by atoms with Crippen molar-refractivity contribution in [1.29, 1.82) is 5.41 Å². The summed E-state index contributed by atoms with van der Waals surface area (Å²) < 4.78 is 0. The molecule has 2 N–H and O–H groups in total. The van der Waals surface area contributed by atoms with Gasteiger partial charge in [0, 0.05) is 27.9 Å². The number of Topliss-reactive ketones (excluding diaryl/α,β-unsaturated/α-hetero) is 1. The van der Waals surface area contributed by atoms with Crippen LogP contribution in [-0.2, 0) is 10.8 Å². The molecule has 5 heteroatoms. The largest absolute Gasteiger partial charge is 0.507 e. The summed E-state index contributed by atoms with van der Waals surface area (Å²) in [5.74, 6) is 0.494. The zero-order valence-electron chi connectivity index (χ0n) is 19.3. The standard InChI is InChI=1S/C25H33N3O2/c1-14-9-10-17-15(2)28(23(26)21(17)27-14)13-20(29)16-11-18(24(3,4)5)22(30)19(12-16)25(6,7)8/h9-12,15,26,30H,13H2,1-8H3. The van der Waals surface area contributed by atoms with E-state index in [1.165, 1.54) is 0 Å². The van der Waals surface area contributed by atoms with Crippen molar-refractivity contribution in [2.75, 3.05) is 6.54 Å². The van der Waals surface area contributed by atoms with E-state index in [2.05, 4.69) is 4.98 Å². The van der Waals surface area contributed by atoms with Crippen molar-refractivity contribution >= 4 is 11.6 Å². The number of nitrogens with one attached hydrogen (secondary N) is 1. The molecular weight excluding hydrogens is 374 g/mol. The normalized spacial score (nSPS) is 16.7. The van der Waals surface area contributed by atoms with Crippen LogP contribution in [0.3, 0.4) is 0 Å². The molecule has 0 aliphatic carbocycles. The number of amidine groups is 1. The van der Waals surface area contributed by atoms with Gasteiger partial charge in [-0.3, -0.25) is 10.2 Å². The summed E-state index contributed by atoms with van der Waals surface area (Å²) >= 11 is 0. The second-order valence-corrected chi connectivity index (χ2v) is 10.4. The van der Waals surface area contributed by atoms with E-state index >= 15 is 0 Å². The van der Waals surface area contributed by atoms with Crippen LogP contribution in [0.2, 0.25) is 0 Å². The minimum atomic E-state index is -0.300. The molecule has 0 bridgehead atoms. The molecule has 5 nitrogen and oxygen atoms in total. The topological polar surface area (TPSA) is 77.3 Å². The Morgan fingerprint density at radius 1 is 1.10 bits per heavy atom. The third-order valence-corrected chi connectivity index (χ3v) is 5.86. The molecule has 0 fully saturated rings. The number of hydrogen-bond acceptors (Lipinski definition) is 4. The summed E-state index contributed by atoms with van der Waals surface area (Å²) in [6.45, 7) is 16.2. The maximum Gasteiger partial charge on any atom is 0.182 e. The third-order valence-electron chi connectivity index (χ3n) is 5.86. The third kappa shape index (κ3) is 3.85. The first-order valence-electron chi connectivity index (χ1n) is 10.5. The van der Waals surface area contributed by atoms with Crippen molar-refractivity contribution in [3.63, 3.8) is 0 Å². The lowest BCUT2D eigenvalue weighted by Crippen LogP contribution is -2.33. The van der Waals surface area contributed by atoms with Crippen molar-refractivity contribution in [2.24, 2.45) is 0 Å². The zero-order chi connectivity index (χ0) is 22.6. The maximum atomic E-state index is 13.3. The number of pyridine rings is 1. The molecule has 1 atom stereocenters. The van der Waals surface area contributed by atoms with E-state index in [1.807, 2.05) is 79.7 Å². The molecule has 160 valence electrons. The van der Waals surface area contributed by atoms with Gasteiger partial charge >= 0.3 is 0 Å². The predicted molar refractivity (Wildman–Crippen MR) is 121 cm³/mol. The number of phenolic OH excluding ortho intramolecular Hbond substituents is 1. The highest BCUT2D eigenvalue weighted by Crippen LogP contribution is 2.40. The molecule has 2 aromatic rings. The number of carbonyl (C=O) groups is 1. The number of aromatic hydroxyl groups is 1. The number of carbonyl (C=O) groups excluding carboxylic acids is 1. The van der Waals surface area contributed by atoms with Gasteiger partial charge in [0.05, 0.1) is 12.6 Å². The lowest BCUT2D eigenvalue weighted by Gasteiger charge is -2.28. The van der Waals surface area contributed by atoms with E-state index in [4.69, 9.17) is 5.41 Å². The Hall–Kier alpha value is -2.69. The van der Waals surface area contributed by atoms with E-state index in [0.717, 1.165) is 22.4 Å². The van der Waals surface area contributed by atoms with Gasteiger partial charge in [0.15, 0.2) is 5.78 Å². The molecule has 30 heavy (non-hydrogen) atoms. The second kappa shape index (κ2) is 7.22. The van der Waals surface area contributed by atoms with E-state index in [0.29, 0.717) is 17.1 Å². The van der Waals surface area contributed by atoms with Crippen LogP contribution in [0, 0.1) is 12.3 Å². The van der Waals surface area contributed by atoms with Crippen LogP contribution in [-0.4, -0.2) is 33.2 Å². The van der Waals surface area contributed by atoms with Crippen LogP contribution in [0.15, 0.2) is 24.3 Å². The molecule has 0 saturated heterocycles. The second-order valence-electron chi connectivity index (χ2n) is 10.4. The van der Waals surface area contributed by atoms with Crippen molar-refractivity contribution in [2.45, 2.75) is 72.3 Å². The minimum Gasteiger partial charge on any atom is -0.507 e. The quantitative estimate of drug-likeness (QED) is 0.679. The summed E-state index contributed by atoms with van der Waals surface area (Å²) in [5.41, 5.74) is 4.01. The van der Waals surface area contributed by atoms with Crippen molar-refractivity contribution < 1.29 is 9.90 Å². The number of benzene rings is 1.